The minimum atomic E-state index is -0.200. The molecular weight excluding hydrogens is 350 g/mol. The Kier molecular flexibility index (Phi) is 4.93. The van der Waals surface area contributed by atoms with Gasteiger partial charge in [-0.3, -0.25) is 9.69 Å². The second-order valence-corrected chi connectivity index (χ2v) is 8.10. The maximum absolute atomic E-state index is 12.9. The number of aryl methyl sites for hydroxylation is 1. The molecular formula is C19H23N3O3S. The Morgan fingerprint density at radius 3 is 3.00 bits per heavy atom. The predicted molar refractivity (Wildman–Crippen MR) is 99.4 cm³/mol. The van der Waals surface area contributed by atoms with Crippen molar-refractivity contribution < 1.29 is 14.6 Å². The molecule has 0 radical (unpaired) electrons. The van der Waals surface area contributed by atoms with Crippen LogP contribution in [-0.2, 0) is 11.3 Å². The molecule has 2 aromatic heterocycles. The molecule has 26 heavy (non-hydrogen) atoms. The fourth-order valence-corrected chi connectivity index (χ4v) is 4.68. The normalized spacial score (nSPS) is 23.7. The first-order valence-electron chi connectivity index (χ1n) is 8.90. The maximum atomic E-state index is 12.9. The van der Waals surface area contributed by atoms with Crippen LogP contribution in [0, 0.1) is 12.8 Å². The zero-order chi connectivity index (χ0) is 18.1. The number of carbonyl (C=O) groups is 1. The Morgan fingerprint density at radius 2 is 2.23 bits per heavy atom. The Bertz CT molecular complexity index is 794. The molecule has 2 fully saturated rings. The SMILES string of the molecule is Cc1ccsc1CN1C[C@H]2COC[C@@H]1CN(C(=O)c1ncccc1O)C2. The third-order valence-corrected chi connectivity index (χ3v) is 6.18. The molecule has 7 heteroatoms. The van der Waals surface area contributed by atoms with Crippen LogP contribution in [0.1, 0.15) is 20.9 Å². The number of ether oxygens (including phenoxy) is 1. The first-order chi connectivity index (χ1) is 12.6. The summed E-state index contributed by atoms with van der Waals surface area (Å²) >= 11 is 1.78. The fraction of sp³-hybridized carbons (Fsp3) is 0.474. The predicted octanol–water partition coefficient (Wildman–Crippen LogP) is 2.13. The largest absolute Gasteiger partial charge is 0.505 e. The molecule has 2 aromatic rings. The van der Waals surface area contributed by atoms with E-state index in [0.29, 0.717) is 26.3 Å². The quantitative estimate of drug-likeness (QED) is 0.893. The standard InChI is InChI=1S/C19H23N3O3S/c1-13-4-6-26-17(13)10-21-7-14-8-22(9-15(21)12-25-11-14)19(24)18-16(23)3-2-5-20-18/h2-6,14-15,23H,7-12H2,1H3/t14-,15+/m1/s1. The van der Waals surface area contributed by atoms with Crippen molar-refractivity contribution in [2.75, 3.05) is 32.8 Å². The topological polar surface area (TPSA) is 65.9 Å². The number of pyridine rings is 1. The molecule has 0 spiro atoms. The van der Waals surface area contributed by atoms with Crippen LogP contribution in [0.5, 0.6) is 5.75 Å². The highest BCUT2D eigenvalue weighted by Crippen LogP contribution is 2.26. The molecule has 0 aliphatic carbocycles. The summed E-state index contributed by atoms with van der Waals surface area (Å²) in [5.74, 6) is 0.000880. The molecule has 2 bridgehead atoms. The summed E-state index contributed by atoms with van der Waals surface area (Å²) in [5, 5.41) is 12.1. The van der Waals surface area contributed by atoms with E-state index < -0.39 is 0 Å². The van der Waals surface area contributed by atoms with Crippen LogP contribution in [-0.4, -0.2) is 64.7 Å². The summed E-state index contributed by atoms with van der Waals surface area (Å²) in [7, 11) is 0. The van der Waals surface area contributed by atoms with Crippen molar-refractivity contribution in [1.29, 1.82) is 0 Å². The summed E-state index contributed by atoms with van der Waals surface area (Å²) in [6.45, 7) is 6.46. The van der Waals surface area contributed by atoms with Gasteiger partial charge in [0.2, 0.25) is 0 Å². The van der Waals surface area contributed by atoms with Gasteiger partial charge in [-0.2, -0.15) is 0 Å². The minimum absolute atomic E-state index is 0.0609. The van der Waals surface area contributed by atoms with Gasteiger partial charge in [0, 0.05) is 43.2 Å². The second kappa shape index (κ2) is 7.34. The molecule has 1 N–H and O–H groups in total. The second-order valence-electron chi connectivity index (χ2n) is 7.09. The molecule has 2 aliphatic heterocycles. The third-order valence-electron chi connectivity index (χ3n) is 5.17. The molecule has 0 aromatic carbocycles. The number of aromatic nitrogens is 1. The lowest BCUT2D eigenvalue weighted by Crippen LogP contribution is -2.45. The van der Waals surface area contributed by atoms with Crippen LogP contribution in [0.4, 0.5) is 0 Å². The van der Waals surface area contributed by atoms with Crippen LogP contribution >= 0.6 is 11.3 Å². The summed E-state index contributed by atoms with van der Waals surface area (Å²) in [6, 6.07) is 5.44. The zero-order valence-electron chi connectivity index (χ0n) is 14.8. The van der Waals surface area contributed by atoms with Crippen molar-refractivity contribution in [1.82, 2.24) is 14.8 Å². The summed E-state index contributed by atoms with van der Waals surface area (Å²) in [5.41, 5.74) is 1.45. The molecule has 0 saturated carbocycles. The highest BCUT2D eigenvalue weighted by atomic mass is 32.1. The summed E-state index contributed by atoms with van der Waals surface area (Å²) in [6.07, 6.45) is 1.54. The van der Waals surface area contributed by atoms with E-state index in [1.54, 1.807) is 23.6 Å². The lowest BCUT2D eigenvalue weighted by molar-refractivity contribution is 0.0401. The van der Waals surface area contributed by atoms with Crippen LogP contribution in [0.15, 0.2) is 29.8 Å². The van der Waals surface area contributed by atoms with E-state index in [1.807, 2.05) is 4.90 Å². The van der Waals surface area contributed by atoms with Gasteiger partial charge in [0.1, 0.15) is 5.75 Å². The van der Waals surface area contributed by atoms with Gasteiger partial charge in [-0.25, -0.2) is 4.98 Å². The monoisotopic (exact) mass is 373 g/mol. The van der Waals surface area contributed by atoms with Gasteiger partial charge < -0.3 is 14.7 Å². The highest BCUT2D eigenvalue weighted by molar-refractivity contribution is 7.10. The Labute approximate surface area is 157 Å². The van der Waals surface area contributed by atoms with Gasteiger partial charge in [0.15, 0.2) is 5.69 Å². The van der Waals surface area contributed by atoms with Crippen molar-refractivity contribution in [3.8, 4) is 5.75 Å². The molecule has 138 valence electrons. The van der Waals surface area contributed by atoms with Crippen LogP contribution in [0.2, 0.25) is 0 Å². The average Bonchev–Trinajstić information content (AvgIpc) is 2.82. The Morgan fingerprint density at radius 1 is 1.35 bits per heavy atom. The van der Waals surface area contributed by atoms with Crippen molar-refractivity contribution in [2.45, 2.75) is 19.5 Å². The van der Waals surface area contributed by atoms with Gasteiger partial charge in [-0.15, -0.1) is 11.3 Å². The number of thiophene rings is 1. The van der Waals surface area contributed by atoms with Crippen molar-refractivity contribution in [3.05, 3.63) is 45.9 Å². The number of rotatable bonds is 3. The Hall–Kier alpha value is -1.96. The van der Waals surface area contributed by atoms with E-state index in [9.17, 15) is 9.90 Å². The number of aromatic hydroxyl groups is 1. The lowest BCUT2D eigenvalue weighted by atomic mass is 10.1. The molecule has 6 nitrogen and oxygen atoms in total. The van der Waals surface area contributed by atoms with E-state index >= 15 is 0 Å². The molecule has 2 saturated heterocycles. The number of carbonyl (C=O) groups excluding carboxylic acids is 1. The molecule has 2 aliphatic rings. The zero-order valence-corrected chi connectivity index (χ0v) is 15.6. The van der Waals surface area contributed by atoms with Gasteiger partial charge >= 0.3 is 0 Å². The van der Waals surface area contributed by atoms with Gasteiger partial charge in [-0.05, 0) is 36.1 Å². The number of hydrogen-bond donors (Lipinski definition) is 1. The highest BCUT2D eigenvalue weighted by Gasteiger charge is 2.36. The molecule has 0 unspecified atom stereocenters. The lowest BCUT2D eigenvalue weighted by Gasteiger charge is -2.31. The van der Waals surface area contributed by atoms with E-state index in [1.165, 1.54) is 16.5 Å². The number of amides is 1. The van der Waals surface area contributed by atoms with Crippen molar-refractivity contribution in [3.63, 3.8) is 0 Å². The van der Waals surface area contributed by atoms with E-state index in [0.717, 1.165) is 13.1 Å². The van der Waals surface area contributed by atoms with Crippen molar-refractivity contribution in [2.24, 2.45) is 5.92 Å². The number of nitrogens with zero attached hydrogens (tertiary/aromatic N) is 3. The van der Waals surface area contributed by atoms with E-state index in [2.05, 4.69) is 28.3 Å². The molecule has 4 heterocycles. The van der Waals surface area contributed by atoms with E-state index in [-0.39, 0.29) is 29.3 Å². The first-order valence-corrected chi connectivity index (χ1v) is 9.78. The number of hydrogen-bond acceptors (Lipinski definition) is 6. The van der Waals surface area contributed by atoms with Crippen LogP contribution in [0.3, 0.4) is 0 Å². The van der Waals surface area contributed by atoms with Crippen LogP contribution in [0.25, 0.3) is 0 Å². The van der Waals surface area contributed by atoms with Gasteiger partial charge in [0.25, 0.3) is 5.91 Å². The number of fused-ring (bicyclic) bond motifs is 3. The minimum Gasteiger partial charge on any atom is -0.505 e. The average molecular weight is 373 g/mol. The Balaban J connectivity index is 1.55. The third kappa shape index (κ3) is 3.47. The van der Waals surface area contributed by atoms with Crippen LogP contribution < -0.4 is 0 Å². The molecule has 2 atom stereocenters. The maximum Gasteiger partial charge on any atom is 0.276 e. The molecule has 1 amide bonds. The summed E-state index contributed by atoms with van der Waals surface area (Å²) in [4.78, 5) is 22.7. The molecule has 4 rings (SSSR count). The first kappa shape index (κ1) is 17.5. The summed E-state index contributed by atoms with van der Waals surface area (Å²) < 4.78 is 5.86. The van der Waals surface area contributed by atoms with E-state index in [4.69, 9.17) is 4.74 Å². The fourth-order valence-electron chi connectivity index (χ4n) is 3.75. The van der Waals surface area contributed by atoms with Crippen molar-refractivity contribution >= 4 is 17.2 Å². The van der Waals surface area contributed by atoms with Gasteiger partial charge in [0.05, 0.1) is 19.3 Å². The smallest absolute Gasteiger partial charge is 0.276 e. The van der Waals surface area contributed by atoms with Gasteiger partial charge in [-0.1, -0.05) is 0 Å².